The standard InChI is InChI=1S/C13H19FN2O2S/c1-9(19-7-3-6-18-2)13(17)16-12-5-4-10(14)8-11(12)15/h4-5,8-9H,3,6-7,15H2,1-2H3,(H,16,17). The normalized spacial score (nSPS) is 12.2. The lowest BCUT2D eigenvalue weighted by atomic mass is 10.2. The number of carbonyl (C=O) groups excluding carboxylic acids is 1. The predicted molar refractivity (Wildman–Crippen MR) is 77.9 cm³/mol. The monoisotopic (exact) mass is 286 g/mol. The van der Waals surface area contributed by atoms with Gasteiger partial charge in [-0.15, -0.1) is 11.8 Å². The lowest BCUT2D eigenvalue weighted by molar-refractivity contribution is -0.115. The summed E-state index contributed by atoms with van der Waals surface area (Å²) in [6, 6.07) is 3.92. The number of hydrogen-bond donors (Lipinski definition) is 2. The fourth-order valence-electron chi connectivity index (χ4n) is 1.42. The Morgan fingerprint density at radius 2 is 2.32 bits per heavy atom. The van der Waals surface area contributed by atoms with Crippen LogP contribution in [0.15, 0.2) is 18.2 Å². The van der Waals surface area contributed by atoms with E-state index in [2.05, 4.69) is 5.32 Å². The largest absolute Gasteiger partial charge is 0.397 e. The molecule has 0 aliphatic heterocycles. The van der Waals surface area contributed by atoms with Gasteiger partial charge in [0.2, 0.25) is 5.91 Å². The second-order valence-corrected chi connectivity index (χ2v) is 5.53. The molecular weight excluding hydrogens is 267 g/mol. The number of halogens is 1. The Morgan fingerprint density at radius 3 is 2.95 bits per heavy atom. The van der Waals surface area contributed by atoms with Gasteiger partial charge in [-0.1, -0.05) is 0 Å². The van der Waals surface area contributed by atoms with Crippen LogP contribution in [0.1, 0.15) is 13.3 Å². The van der Waals surface area contributed by atoms with E-state index in [-0.39, 0.29) is 16.8 Å². The van der Waals surface area contributed by atoms with Crippen molar-refractivity contribution < 1.29 is 13.9 Å². The molecule has 0 saturated carbocycles. The summed E-state index contributed by atoms with van der Waals surface area (Å²) < 4.78 is 17.8. The molecule has 0 aliphatic carbocycles. The van der Waals surface area contributed by atoms with Crippen LogP contribution in [0.5, 0.6) is 0 Å². The van der Waals surface area contributed by atoms with E-state index in [0.29, 0.717) is 12.3 Å². The van der Waals surface area contributed by atoms with Crippen molar-refractivity contribution in [2.24, 2.45) is 0 Å². The number of benzene rings is 1. The van der Waals surface area contributed by atoms with Gasteiger partial charge < -0.3 is 15.8 Å². The van der Waals surface area contributed by atoms with Gasteiger partial charge >= 0.3 is 0 Å². The van der Waals surface area contributed by atoms with E-state index < -0.39 is 5.82 Å². The first-order valence-electron chi connectivity index (χ1n) is 6.01. The number of nitrogens with two attached hydrogens (primary N) is 1. The van der Waals surface area contributed by atoms with Crippen LogP contribution < -0.4 is 11.1 Å². The molecule has 0 fully saturated rings. The molecule has 0 aliphatic rings. The maximum absolute atomic E-state index is 12.9. The topological polar surface area (TPSA) is 64.3 Å². The number of amides is 1. The summed E-state index contributed by atoms with van der Waals surface area (Å²) in [6.45, 7) is 2.51. The maximum Gasteiger partial charge on any atom is 0.237 e. The summed E-state index contributed by atoms with van der Waals surface area (Å²) in [4.78, 5) is 11.9. The number of methoxy groups -OCH3 is 1. The summed E-state index contributed by atoms with van der Waals surface area (Å²) in [5.74, 6) is 0.291. The van der Waals surface area contributed by atoms with Crippen molar-refractivity contribution >= 4 is 29.0 Å². The molecule has 1 amide bonds. The Balaban J connectivity index is 2.45. The van der Waals surface area contributed by atoms with Crippen molar-refractivity contribution in [1.29, 1.82) is 0 Å². The summed E-state index contributed by atoms with van der Waals surface area (Å²) in [5.41, 5.74) is 6.30. The van der Waals surface area contributed by atoms with Crippen LogP contribution in [0.25, 0.3) is 0 Å². The molecule has 1 aromatic carbocycles. The average Bonchev–Trinajstić information content (AvgIpc) is 2.37. The Kier molecular flexibility index (Phi) is 6.66. The number of ether oxygens (including phenoxy) is 1. The van der Waals surface area contributed by atoms with E-state index in [1.54, 1.807) is 18.9 Å². The van der Waals surface area contributed by atoms with Crippen molar-refractivity contribution in [3.63, 3.8) is 0 Å². The van der Waals surface area contributed by atoms with Crippen LogP contribution in [0.3, 0.4) is 0 Å². The van der Waals surface area contributed by atoms with Crippen LogP contribution in [0.2, 0.25) is 0 Å². The minimum Gasteiger partial charge on any atom is -0.397 e. The van der Waals surface area contributed by atoms with Gasteiger partial charge in [-0.05, 0) is 37.3 Å². The van der Waals surface area contributed by atoms with Crippen LogP contribution in [-0.4, -0.2) is 30.6 Å². The molecule has 3 N–H and O–H groups in total. The first-order chi connectivity index (χ1) is 9.04. The maximum atomic E-state index is 12.9. The molecule has 1 atom stereocenters. The molecule has 0 spiro atoms. The van der Waals surface area contributed by atoms with Crippen molar-refractivity contribution in [3.05, 3.63) is 24.0 Å². The van der Waals surface area contributed by atoms with E-state index in [0.717, 1.165) is 12.2 Å². The predicted octanol–water partition coefficient (Wildman–Crippen LogP) is 2.50. The third-order valence-electron chi connectivity index (χ3n) is 2.50. The number of nitrogen functional groups attached to an aromatic ring is 1. The van der Waals surface area contributed by atoms with Gasteiger partial charge in [-0.25, -0.2) is 4.39 Å². The molecule has 6 heteroatoms. The second-order valence-electron chi connectivity index (χ2n) is 4.08. The highest BCUT2D eigenvalue weighted by Gasteiger charge is 2.14. The van der Waals surface area contributed by atoms with Crippen LogP contribution in [0.4, 0.5) is 15.8 Å². The SMILES string of the molecule is COCCCSC(C)C(=O)Nc1ccc(F)cc1N. The van der Waals surface area contributed by atoms with E-state index >= 15 is 0 Å². The lowest BCUT2D eigenvalue weighted by Crippen LogP contribution is -2.23. The number of thioether (sulfide) groups is 1. The molecule has 0 heterocycles. The molecule has 106 valence electrons. The van der Waals surface area contributed by atoms with Crippen molar-refractivity contribution in [2.75, 3.05) is 30.5 Å². The van der Waals surface area contributed by atoms with Crippen LogP contribution >= 0.6 is 11.8 Å². The Labute approximate surface area is 116 Å². The number of carbonyl (C=O) groups is 1. The third kappa shape index (κ3) is 5.48. The molecule has 19 heavy (non-hydrogen) atoms. The molecule has 1 rings (SSSR count). The number of rotatable bonds is 7. The average molecular weight is 286 g/mol. The molecule has 4 nitrogen and oxygen atoms in total. The first-order valence-corrected chi connectivity index (χ1v) is 7.06. The summed E-state index contributed by atoms with van der Waals surface area (Å²) in [6.07, 6.45) is 0.900. The molecular formula is C13H19FN2O2S. The van der Waals surface area contributed by atoms with E-state index in [4.69, 9.17) is 10.5 Å². The molecule has 0 saturated heterocycles. The number of anilines is 2. The summed E-state index contributed by atoms with van der Waals surface area (Å²) in [7, 11) is 1.65. The first kappa shape index (κ1) is 15.8. The quantitative estimate of drug-likeness (QED) is 0.597. The minimum atomic E-state index is -0.419. The van der Waals surface area contributed by atoms with Gasteiger partial charge in [0, 0.05) is 13.7 Å². The van der Waals surface area contributed by atoms with Crippen molar-refractivity contribution in [3.8, 4) is 0 Å². The molecule has 0 radical (unpaired) electrons. The molecule has 1 unspecified atom stereocenters. The lowest BCUT2D eigenvalue weighted by Gasteiger charge is -2.13. The molecule has 0 aromatic heterocycles. The Hall–Kier alpha value is -1.27. The van der Waals surface area contributed by atoms with Gasteiger partial charge in [-0.2, -0.15) is 0 Å². The van der Waals surface area contributed by atoms with E-state index in [1.165, 1.54) is 18.2 Å². The molecule has 1 aromatic rings. The van der Waals surface area contributed by atoms with E-state index in [1.807, 2.05) is 6.92 Å². The molecule has 0 bridgehead atoms. The fourth-order valence-corrected chi connectivity index (χ4v) is 2.27. The van der Waals surface area contributed by atoms with Crippen LogP contribution in [-0.2, 0) is 9.53 Å². The van der Waals surface area contributed by atoms with E-state index in [9.17, 15) is 9.18 Å². The number of hydrogen-bond acceptors (Lipinski definition) is 4. The van der Waals surface area contributed by atoms with Crippen molar-refractivity contribution in [2.45, 2.75) is 18.6 Å². The smallest absolute Gasteiger partial charge is 0.237 e. The zero-order valence-corrected chi connectivity index (χ0v) is 11.9. The fraction of sp³-hybridized carbons (Fsp3) is 0.462. The van der Waals surface area contributed by atoms with Gasteiger partial charge in [0.05, 0.1) is 16.6 Å². The van der Waals surface area contributed by atoms with Gasteiger partial charge in [-0.3, -0.25) is 4.79 Å². The summed E-state index contributed by atoms with van der Waals surface area (Å²) in [5, 5.41) is 2.50. The zero-order chi connectivity index (χ0) is 14.3. The highest BCUT2D eigenvalue weighted by atomic mass is 32.2. The third-order valence-corrected chi connectivity index (χ3v) is 3.74. The second kappa shape index (κ2) is 8.01. The minimum absolute atomic E-state index is 0.138. The Bertz CT molecular complexity index is 429. The Morgan fingerprint density at radius 1 is 1.58 bits per heavy atom. The summed E-state index contributed by atoms with van der Waals surface area (Å²) >= 11 is 1.55. The zero-order valence-electron chi connectivity index (χ0n) is 11.1. The highest BCUT2D eigenvalue weighted by molar-refractivity contribution is 8.00. The van der Waals surface area contributed by atoms with Crippen molar-refractivity contribution in [1.82, 2.24) is 0 Å². The van der Waals surface area contributed by atoms with Gasteiger partial charge in [0.1, 0.15) is 5.82 Å². The van der Waals surface area contributed by atoms with Gasteiger partial charge in [0.25, 0.3) is 0 Å². The van der Waals surface area contributed by atoms with Crippen LogP contribution in [0, 0.1) is 5.82 Å². The highest BCUT2D eigenvalue weighted by Crippen LogP contribution is 2.21. The number of nitrogens with one attached hydrogen (secondary N) is 1. The van der Waals surface area contributed by atoms with Gasteiger partial charge in [0.15, 0.2) is 0 Å².